The fraction of sp³-hybridized carbons (Fsp3) is 0.467. The fourth-order valence-electron chi connectivity index (χ4n) is 5.68. The molecule has 3 aromatic rings. The minimum atomic E-state index is -4.43. The number of halogens is 3. The van der Waals surface area contributed by atoms with Gasteiger partial charge in [-0.25, -0.2) is 13.6 Å². The van der Waals surface area contributed by atoms with E-state index in [1.54, 1.807) is 18.2 Å². The summed E-state index contributed by atoms with van der Waals surface area (Å²) < 4.78 is 70.5. The van der Waals surface area contributed by atoms with Crippen LogP contribution in [0.1, 0.15) is 45.2 Å². The van der Waals surface area contributed by atoms with Gasteiger partial charge in [0.25, 0.3) is 0 Å². The maximum Gasteiger partial charge on any atom is 0.406 e. The minimum absolute atomic E-state index is 0.0828. The normalized spacial score (nSPS) is 17.6. The van der Waals surface area contributed by atoms with Gasteiger partial charge in [0.05, 0.1) is 35.4 Å². The number of rotatable bonds is 10. The number of nitrogens with one attached hydrogen (secondary N) is 2. The van der Waals surface area contributed by atoms with Gasteiger partial charge in [-0.1, -0.05) is 25.8 Å². The Morgan fingerprint density at radius 1 is 1.07 bits per heavy atom. The van der Waals surface area contributed by atoms with E-state index in [-0.39, 0.29) is 28.9 Å². The molecule has 0 aliphatic heterocycles. The second kappa shape index (κ2) is 13.3. The Morgan fingerprint density at radius 2 is 1.79 bits per heavy atom. The van der Waals surface area contributed by atoms with Crippen molar-refractivity contribution in [1.29, 1.82) is 0 Å². The number of hydrogen-bond acceptors (Lipinski definition) is 6. The lowest BCUT2D eigenvalue weighted by atomic mass is 9.90. The van der Waals surface area contributed by atoms with E-state index in [4.69, 9.17) is 9.88 Å². The minimum Gasteiger partial charge on any atom is -0.495 e. The number of primary sulfonamides is 1. The van der Waals surface area contributed by atoms with Crippen molar-refractivity contribution in [2.45, 2.75) is 69.2 Å². The van der Waals surface area contributed by atoms with Crippen LogP contribution in [0.25, 0.3) is 10.9 Å². The lowest BCUT2D eigenvalue weighted by molar-refractivity contribution is -0.140. The van der Waals surface area contributed by atoms with Crippen LogP contribution in [-0.2, 0) is 16.6 Å². The number of ether oxygens (including phenoxy) is 1. The molecule has 1 aromatic heterocycles. The van der Waals surface area contributed by atoms with E-state index in [0.29, 0.717) is 22.6 Å². The average Bonchev–Trinajstić information content (AvgIpc) is 3.28. The number of nitrogens with two attached hydrogens (primary N) is 1. The van der Waals surface area contributed by atoms with Crippen molar-refractivity contribution in [1.82, 2.24) is 9.47 Å². The van der Waals surface area contributed by atoms with Gasteiger partial charge in [-0.2, -0.15) is 13.2 Å². The molecule has 8 nitrogen and oxygen atoms in total. The number of methoxy groups -OCH3 is 1. The molecule has 0 spiro atoms. The van der Waals surface area contributed by atoms with Crippen LogP contribution < -0.4 is 20.5 Å². The Labute approximate surface area is 245 Å². The summed E-state index contributed by atoms with van der Waals surface area (Å²) in [6.45, 7) is 5.35. The van der Waals surface area contributed by atoms with Crippen molar-refractivity contribution < 1.29 is 26.3 Å². The largest absolute Gasteiger partial charge is 0.495 e. The van der Waals surface area contributed by atoms with Crippen molar-refractivity contribution >= 4 is 32.3 Å². The lowest BCUT2D eigenvalue weighted by Crippen LogP contribution is -2.40. The molecule has 42 heavy (non-hydrogen) atoms. The third kappa shape index (κ3) is 7.70. The summed E-state index contributed by atoms with van der Waals surface area (Å²) in [6, 6.07) is 12.0. The van der Waals surface area contributed by atoms with E-state index in [1.807, 2.05) is 6.07 Å². The Morgan fingerprint density at radius 3 is 2.40 bits per heavy atom. The molecule has 4 rings (SSSR count). The van der Waals surface area contributed by atoms with Gasteiger partial charge in [-0.3, -0.25) is 0 Å². The molecule has 0 bridgehead atoms. The number of anilines is 2. The molecule has 0 amide bonds. The number of nitrogens with zero attached hydrogens (tertiary/aromatic N) is 2. The topological polar surface area (TPSA) is 102 Å². The van der Waals surface area contributed by atoms with E-state index in [9.17, 15) is 21.6 Å². The molecule has 2 aromatic carbocycles. The maximum atomic E-state index is 13.6. The van der Waals surface area contributed by atoms with Gasteiger partial charge in [0.1, 0.15) is 12.3 Å². The summed E-state index contributed by atoms with van der Waals surface area (Å²) in [4.78, 5) is 2.39. The first-order valence-corrected chi connectivity index (χ1v) is 15.6. The Bertz CT molecular complexity index is 1550. The Balaban J connectivity index is 1.55. The van der Waals surface area contributed by atoms with E-state index >= 15 is 0 Å². The highest BCUT2D eigenvalue weighted by Gasteiger charge is 2.30. The summed E-state index contributed by atoms with van der Waals surface area (Å²) in [5.41, 5.74) is 1.99. The number of hydrogen-bond donors (Lipinski definition) is 3. The molecule has 1 saturated carbocycles. The average molecular weight is 606 g/mol. The highest BCUT2D eigenvalue weighted by Crippen LogP contribution is 2.33. The van der Waals surface area contributed by atoms with Crippen LogP contribution in [0.4, 0.5) is 24.5 Å². The summed E-state index contributed by atoms with van der Waals surface area (Å²) in [7, 11) is -2.52. The molecule has 4 N–H and O–H groups in total. The second-order valence-corrected chi connectivity index (χ2v) is 12.0. The summed E-state index contributed by atoms with van der Waals surface area (Å²) in [5, 5.41) is 12.5. The van der Waals surface area contributed by atoms with Gasteiger partial charge in [-0.05, 0) is 75.0 Å². The first-order chi connectivity index (χ1) is 19.9. The van der Waals surface area contributed by atoms with Crippen LogP contribution in [0, 0.1) is 11.8 Å². The van der Waals surface area contributed by atoms with Gasteiger partial charge in [0.2, 0.25) is 10.0 Å². The molecule has 0 atom stereocenters. The predicted octanol–water partition coefficient (Wildman–Crippen LogP) is 5.39. The molecule has 0 unspecified atom stereocenters. The monoisotopic (exact) mass is 605 g/mol. The summed E-state index contributed by atoms with van der Waals surface area (Å²) >= 11 is 0. The smallest absolute Gasteiger partial charge is 0.406 e. The first kappa shape index (κ1) is 31.5. The Hall–Kier alpha value is -3.40. The van der Waals surface area contributed by atoms with Gasteiger partial charge >= 0.3 is 6.18 Å². The van der Waals surface area contributed by atoms with Gasteiger partial charge in [0, 0.05) is 29.2 Å². The Kier molecular flexibility index (Phi) is 9.97. The number of alkyl halides is 3. The molecule has 228 valence electrons. The third-order valence-corrected chi connectivity index (χ3v) is 8.66. The van der Waals surface area contributed by atoms with Crippen molar-refractivity contribution in [2.24, 2.45) is 5.14 Å². The number of sulfonamides is 1. The number of benzene rings is 2. The molecule has 1 aliphatic carbocycles. The highest BCUT2D eigenvalue weighted by atomic mass is 32.2. The van der Waals surface area contributed by atoms with Crippen LogP contribution >= 0.6 is 0 Å². The van der Waals surface area contributed by atoms with E-state index in [1.165, 1.54) is 29.9 Å². The molecule has 1 heterocycles. The van der Waals surface area contributed by atoms with Crippen molar-refractivity contribution in [3.8, 4) is 17.6 Å². The molecule has 12 heteroatoms. The van der Waals surface area contributed by atoms with Gasteiger partial charge in [-0.15, -0.1) is 0 Å². The molecule has 1 aliphatic rings. The third-order valence-electron chi connectivity index (χ3n) is 7.75. The van der Waals surface area contributed by atoms with Crippen LogP contribution in [0.3, 0.4) is 0 Å². The quantitative estimate of drug-likeness (QED) is 0.268. The van der Waals surface area contributed by atoms with Crippen molar-refractivity contribution in [3.05, 3.63) is 48.2 Å². The summed E-state index contributed by atoms with van der Waals surface area (Å²) in [5.74, 6) is 6.03. The van der Waals surface area contributed by atoms with Crippen molar-refractivity contribution in [2.75, 3.05) is 37.4 Å². The highest BCUT2D eigenvalue weighted by molar-refractivity contribution is 7.89. The van der Waals surface area contributed by atoms with Crippen LogP contribution in [0.5, 0.6) is 5.75 Å². The molecule has 0 saturated heterocycles. The van der Waals surface area contributed by atoms with Crippen LogP contribution in [-0.4, -0.2) is 62.9 Å². The number of aromatic nitrogens is 1. The molecule has 1 fully saturated rings. The SMILES string of the molecule is CCN(CC)C1CCC(Nc2cccc3c2cc(C#CCNc2ccc(S(N)(=O)=O)cc2OC)n3CC(F)(F)F)CC1. The van der Waals surface area contributed by atoms with E-state index < -0.39 is 22.7 Å². The zero-order valence-electron chi connectivity index (χ0n) is 24.1. The zero-order valence-corrected chi connectivity index (χ0v) is 24.9. The first-order valence-electron chi connectivity index (χ1n) is 14.1. The molecular weight excluding hydrogens is 567 g/mol. The van der Waals surface area contributed by atoms with Gasteiger partial charge in [0.15, 0.2) is 0 Å². The lowest BCUT2D eigenvalue weighted by Gasteiger charge is -2.36. The van der Waals surface area contributed by atoms with Gasteiger partial charge < -0.3 is 24.8 Å². The number of fused-ring (bicyclic) bond motifs is 1. The van der Waals surface area contributed by atoms with Crippen LogP contribution in [0.2, 0.25) is 0 Å². The summed E-state index contributed by atoms with van der Waals surface area (Å²) in [6.07, 6.45) is -0.250. The maximum absolute atomic E-state index is 13.6. The fourth-order valence-corrected chi connectivity index (χ4v) is 6.21. The predicted molar refractivity (Wildman–Crippen MR) is 160 cm³/mol. The standard InChI is InChI=1S/C30H38F3N5O3S/c1-4-37(5-2)22-13-11-21(12-14-22)36-26-9-6-10-28-25(26)18-23(38(28)20-30(31,32)33)8-7-17-35-27-16-15-24(42(34,39)40)19-29(27)41-3/h6,9-10,15-16,18-19,21-22,35-36H,4-5,11-14,17,20H2,1-3H3,(H2,34,39,40). The molecular formula is C30H38F3N5O3S. The zero-order chi connectivity index (χ0) is 30.5. The van der Waals surface area contributed by atoms with E-state index in [2.05, 4.69) is 41.2 Å². The van der Waals surface area contributed by atoms with E-state index in [0.717, 1.165) is 44.5 Å². The van der Waals surface area contributed by atoms with Crippen molar-refractivity contribution in [3.63, 3.8) is 0 Å². The molecule has 0 radical (unpaired) electrons. The second-order valence-electron chi connectivity index (χ2n) is 10.4. The van der Waals surface area contributed by atoms with Crippen LogP contribution in [0.15, 0.2) is 47.4 Å².